The fraction of sp³-hybridized carbons (Fsp3) is 0.269. The van der Waals surface area contributed by atoms with E-state index in [1.165, 1.54) is 16.7 Å². The number of amidine groups is 1. The highest BCUT2D eigenvalue weighted by molar-refractivity contribution is 5.86. The monoisotopic (exact) mass is 384 g/mol. The van der Waals surface area contributed by atoms with Crippen molar-refractivity contribution in [1.29, 1.82) is 0 Å². The SMILES string of the molecule is CN1C(=N[C@@H](CO)Cc2ccccc2)C[C@@H](c2ccccc2)[C@@H]1c1ccccc1. The predicted molar refractivity (Wildman–Crippen MR) is 119 cm³/mol. The first kappa shape index (κ1) is 19.4. The summed E-state index contributed by atoms with van der Waals surface area (Å²) in [6.45, 7) is 0.0538. The molecule has 0 aliphatic carbocycles. The maximum atomic E-state index is 9.97. The number of nitrogens with zero attached hydrogens (tertiary/aromatic N) is 2. The van der Waals surface area contributed by atoms with E-state index in [-0.39, 0.29) is 18.7 Å². The molecule has 3 aromatic carbocycles. The first-order chi connectivity index (χ1) is 14.3. The second-order valence-electron chi connectivity index (χ2n) is 7.76. The number of aliphatic hydroxyl groups excluding tert-OH is 1. The molecule has 3 nitrogen and oxygen atoms in total. The van der Waals surface area contributed by atoms with Crippen LogP contribution in [0.5, 0.6) is 0 Å². The third kappa shape index (κ3) is 4.41. The molecule has 3 aromatic rings. The third-order valence-corrected chi connectivity index (χ3v) is 5.83. The molecule has 3 heteroatoms. The molecule has 0 spiro atoms. The molecule has 29 heavy (non-hydrogen) atoms. The van der Waals surface area contributed by atoms with Crippen LogP contribution in [0.2, 0.25) is 0 Å². The second-order valence-corrected chi connectivity index (χ2v) is 7.76. The zero-order valence-corrected chi connectivity index (χ0v) is 16.9. The molecule has 4 rings (SSSR count). The van der Waals surface area contributed by atoms with Gasteiger partial charge in [0.2, 0.25) is 0 Å². The van der Waals surface area contributed by atoms with Crippen LogP contribution < -0.4 is 0 Å². The lowest BCUT2D eigenvalue weighted by Gasteiger charge is -2.27. The molecule has 0 amide bonds. The van der Waals surface area contributed by atoms with Crippen LogP contribution in [0.15, 0.2) is 96.0 Å². The average molecular weight is 385 g/mol. The zero-order valence-electron chi connectivity index (χ0n) is 16.9. The smallest absolute Gasteiger partial charge is 0.100 e. The molecular weight excluding hydrogens is 356 g/mol. The Morgan fingerprint density at radius 3 is 2.00 bits per heavy atom. The van der Waals surface area contributed by atoms with E-state index in [0.717, 1.165) is 18.7 Å². The highest BCUT2D eigenvalue weighted by Crippen LogP contribution is 2.44. The molecule has 1 aliphatic rings. The minimum atomic E-state index is -0.124. The summed E-state index contributed by atoms with van der Waals surface area (Å²) in [4.78, 5) is 7.32. The number of benzene rings is 3. The van der Waals surface area contributed by atoms with Gasteiger partial charge in [-0.3, -0.25) is 4.99 Å². The Morgan fingerprint density at radius 2 is 1.41 bits per heavy atom. The van der Waals surface area contributed by atoms with Gasteiger partial charge in [0.1, 0.15) is 5.84 Å². The fourth-order valence-corrected chi connectivity index (χ4v) is 4.38. The first-order valence-corrected chi connectivity index (χ1v) is 10.3. The second kappa shape index (κ2) is 9.06. The molecule has 0 radical (unpaired) electrons. The summed E-state index contributed by atoms with van der Waals surface area (Å²) in [5, 5.41) is 9.97. The number of rotatable bonds is 6. The highest BCUT2D eigenvalue weighted by Gasteiger charge is 2.38. The summed E-state index contributed by atoms with van der Waals surface area (Å²) >= 11 is 0. The molecule has 3 atom stereocenters. The van der Waals surface area contributed by atoms with Gasteiger partial charge in [0.15, 0.2) is 0 Å². The number of likely N-dealkylation sites (tertiary alicyclic amines) is 1. The van der Waals surface area contributed by atoms with Crippen LogP contribution in [0.1, 0.15) is 35.1 Å². The Bertz CT molecular complexity index is 925. The van der Waals surface area contributed by atoms with Crippen LogP contribution in [-0.4, -0.2) is 35.5 Å². The normalized spacial score (nSPS) is 21.4. The molecule has 148 valence electrons. The van der Waals surface area contributed by atoms with Crippen molar-refractivity contribution in [2.24, 2.45) is 4.99 Å². The van der Waals surface area contributed by atoms with Gasteiger partial charge in [-0.25, -0.2) is 0 Å². The lowest BCUT2D eigenvalue weighted by molar-refractivity contribution is 0.264. The van der Waals surface area contributed by atoms with Crippen LogP contribution in [0.4, 0.5) is 0 Å². The van der Waals surface area contributed by atoms with Crippen molar-refractivity contribution < 1.29 is 5.11 Å². The number of hydrogen-bond donors (Lipinski definition) is 1. The van der Waals surface area contributed by atoms with E-state index in [0.29, 0.717) is 5.92 Å². The van der Waals surface area contributed by atoms with E-state index in [4.69, 9.17) is 4.99 Å². The van der Waals surface area contributed by atoms with E-state index in [1.54, 1.807) is 0 Å². The van der Waals surface area contributed by atoms with E-state index in [1.807, 2.05) is 18.2 Å². The lowest BCUT2D eigenvalue weighted by atomic mass is 9.87. The molecule has 1 fully saturated rings. The minimum Gasteiger partial charge on any atom is -0.394 e. The molecule has 1 aliphatic heterocycles. The standard InChI is InChI=1S/C26H28N2O/c1-28-25(27-23(19-29)17-20-11-5-2-6-12-20)18-24(21-13-7-3-8-14-21)26(28)22-15-9-4-10-16-22/h2-16,23-24,26,29H,17-19H2,1H3/t23-,24+,26+/m1/s1. The van der Waals surface area contributed by atoms with Gasteiger partial charge < -0.3 is 10.0 Å². The van der Waals surface area contributed by atoms with E-state index in [2.05, 4.69) is 84.7 Å². The Kier molecular flexibility index (Phi) is 6.06. The lowest BCUT2D eigenvalue weighted by Crippen LogP contribution is -2.27. The highest BCUT2D eigenvalue weighted by atomic mass is 16.3. The maximum Gasteiger partial charge on any atom is 0.100 e. The van der Waals surface area contributed by atoms with Crippen LogP contribution >= 0.6 is 0 Å². The fourth-order valence-electron chi connectivity index (χ4n) is 4.38. The topological polar surface area (TPSA) is 35.8 Å². The number of likely N-dealkylation sites (N-methyl/N-ethyl adjacent to an activating group) is 1. The van der Waals surface area contributed by atoms with Crippen LogP contribution in [-0.2, 0) is 6.42 Å². The molecule has 1 N–H and O–H groups in total. The van der Waals surface area contributed by atoms with Gasteiger partial charge in [-0.15, -0.1) is 0 Å². The van der Waals surface area contributed by atoms with E-state index < -0.39 is 0 Å². The number of aliphatic imine (C=N–C) groups is 1. The van der Waals surface area contributed by atoms with Crippen LogP contribution in [0.25, 0.3) is 0 Å². The third-order valence-electron chi connectivity index (χ3n) is 5.83. The van der Waals surface area contributed by atoms with E-state index >= 15 is 0 Å². The van der Waals surface area contributed by atoms with Crippen molar-refractivity contribution in [3.63, 3.8) is 0 Å². The van der Waals surface area contributed by atoms with Gasteiger partial charge in [0.25, 0.3) is 0 Å². The van der Waals surface area contributed by atoms with Gasteiger partial charge in [-0.05, 0) is 23.1 Å². The summed E-state index contributed by atoms with van der Waals surface area (Å²) in [6, 6.07) is 31.8. The van der Waals surface area contributed by atoms with Gasteiger partial charge in [-0.2, -0.15) is 0 Å². The molecular formula is C26H28N2O. The van der Waals surface area contributed by atoms with Crippen molar-refractivity contribution in [1.82, 2.24) is 4.90 Å². The Morgan fingerprint density at radius 1 is 0.862 bits per heavy atom. The quantitative estimate of drug-likeness (QED) is 0.659. The molecule has 0 aromatic heterocycles. The van der Waals surface area contributed by atoms with E-state index in [9.17, 15) is 5.11 Å². The summed E-state index contributed by atoms with van der Waals surface area (Å²) in [6.07, 6.45) is 1.63. The zero-order chi connectivity index (χ0) is 20.1. The summed E-state index contributed by atoms with van der Waals surface area (Å²) in [5.74, 6) is 1.42. The Balaban J connectivity index is 1.65. The molecule has 1 saturated heterocycles. The maximum absolute atomic E-state index is 9.97. The minimum absolute atomic E-state index is 0.0538. The van der Waals surface area contributed by atoms with Crippen molar-refractivity contribution in [3.8, 4) is 0 Å². The van der Waals surface area contributed by atoms with Crippen molar-refractivity contribution in [3.05, 3.63) is 108 Å². The predicted octanol–water partition coefficient (Wildman–Crippen LogP) is 4.85. The van der Waals surface area contributed by atoms with Gasteiger partial charge >= 0.3 is 0 Å². The summed E-state index contributed by atoms with van der Waals surface area (Å²) in [7, 11) is 2.14. The van der Waals surface area contributed by atoms with Crippen molar-refractivity contribution in [2.45, 2.75) is 30.8 Å². The largest absolute Gasteiger partial charge is 0.394 e. The molecule has 1 heterocycles. The van der Waals surface area contributed by atoms with Crippen molar-refractivity contribution >= 4 is 5.84 Å². The summed E-state index contributed by atoms with van der Waals surface area (Å²) < 4.78 is 0. The first-order valence-electron chi connectivity index (χ1n) is 10.3. The van der Waals surface area contributed by atoms with Gasteiger partial charge in [0.05, 0.1) is 18.7 Å². The molecule has 0 bridgehead atoms. The van der Waals surface area contributed by atoms with Gasteiger partial charge in [0, 0.05) is 19.4 Å². The number of aliphatic hydroxyl groups is 1. The van der Waals surface area contributed by atoms with Gasteiger partial charge in [-0.1, -0.05) is 91.0 Å². The number of hydrogen-bond acceptors (Lipinski definition) is 2. The Hall–Kier alpha value is -2.91. The molecule has 0 unspecified atom stereocenters. The van der Waals surface area contributed by atoms with Crippen LogP contribution in [0, 0.1) is 0 Å². The Labute approximate surface area is 173 Å². The van der Waals surface area contributed by atoms with Crippen LogP contribution in [0.3, 0.4) is 0 Å². The summed E-state index contributed by atoms with van der Waals surface area (Å²) in [5.41, 5.74) is 3.84. The average Bonchev–Trinajstić information content (AvgIpc) is 3.11. The molecule has 0 saturated carbocycles. The van der Waals surface area contributed by atoms with Crippen molar-refractivity contribution in [2.75, 3.05) is 13.7 Å².